The molecule has 0 saturated carbocycles. The maximum atomic E-state index is 12.7. The topological polar surface area (TPSA) is 0 Å². The van der Waals surface area contributed by atoms with E-state index in [0.717, 1.165) is 17.5 Å². The molecule has 0 saturated heterocycles. The number of hydrogen-bond acceptors (Lipinski definition) is 0. The molecule has 0 spiro atoms. The highest BCUT2D eigenvalue weighted by Gasteiger charge is 1.96. The predicted molar refractivity (Wildman–Crippen MR) is 45.6 cm³/mol. The lowest BCUT2D eigenvalue weighted by Gasteiger charge is -1.99. The van der Waals surface area contributed by atoms with Crippen molar-refractivity contribution in [2.24, 2.45) is 0 Å². The Labute approximate surface area is 71.0 Å². The van der Waals surface area contributed by atoms with Crippen LogP contribution in [-0.2, 0) is 6.42 Å². The maximum Gasteiger partial charge on any atom is 0.123 e. The van der Waals surface area contributed by atoms with Gasteiger partial charge in [0.25, 0.3) is 0 Å². The molecule has 11 heavy (non-hydrogen) atoms. The van der Waals surface area contributed by atoms with Crippen LogP contribution in [0.25, 0.3) is 0 Å². The molecule has 0 amide bonds. The van der Waals surface area contributed by atoms with Crippen LogP contribution in [0.15, 0.2) is 18.2 Å². The molecule has 2 heteroatoms. The van der Waals surface area contributed by atoms with Crippen molar-refractivity contribution >= 4 is 11.6 Å². The molecule has 0 aliphatic rings. The van der Waals surface area contributed by atoms with Gasteiger partial charge in [0.05, 0.1) is 0 Å². The zero-order chi connectivity index (χ0) is 8.27. The van der Waals surface area contributed by atoms with Gasteiger partial charge in [-0.1, -0.05) is 6.07 Å². The van der Waals surface area contributed by atoms with E-state index in [2.05, 4.69) is 0 Å². The van der Waals surface area contributed by atoms with Gasteiger partial charge in [-0.25, -0.2) is 4.39 Å². The van der Waals surface area contributed by atoms with Crippen LogP contribution in [0.3, 0.4) is 0 Å². The van der Waals surface area contributed by atoms with Crippen LogP contribution in [0.5, 0.6) is 0 Å². The lowest BCUT2D eigenvalue weighted by molar-refractivity contribution is 0.624. The molecule has 0 atom stereocenters. The third-order valence-electron chi connectivity index (χ3n) is 1.49. The van der Waals surface area contributed by atoms with Gasteiger partial charge in [0.15, 0.2) is 0 Å². The molecule has 1 aromatic rings. The lowest BCUT2D eigenvalue weighted by atomic mass is 10.1. The van der Waals surface area contributed by atoms with Gasteiger partial charge < -0.3 is 0 Å². The average molecular weight is 173 g/mol. The molecule has 1 rings (SSSR count). The first-order valence-electron chi connectivity index (χ1n) is 3.54. The van der Waals surface area contributed by atoms with Crippen LogP contribution in [0.1, 0.15) is 11.1 Å². The van der Waals surface area contributed by atoms with Crippen molar-refractivity contribution in [3.63, 3.8) is 0 Å². The molecular weight excluding hydrogens is 163 g/mol. The second-order valence-electron chi connectivity index (χ2n) is 2.58. The fraction of sp³-hybridized carbons (Fsp3) is 0.333. The zero-order valence-corrected chi connectivity index (χ0v) is 7.16. The molecule has 0 heterocycles. The highest BCUT2D eigenvalue weighted by atomic mass is 35.5. The van der Waals surface area contributed by atoms with E-state index in [0.29, 0.717) is 5.88 Å². The predicted octanol–water partition coefficient (Wildman–Crippen LogP) is 2.92. The number of hydrogen-bond donors (Lipinski definition) is 0. The molecule has 60 valence electrons. The van der Waals surface area contributed by atoms with Crippen molar-refractivity contribution in [2.45, 2.75) is 13.3 Å². The fourth-order valence-electron chi connectivity index (χ4n) is 1.07. The van der Waals surface area contributed by atoms with Crippen LogP contribution in [-0.4, -0.2) is 5.88 Å². The zero-order valence-electron chi connectivity index (χ0n) is 6.40. The summed E-state index contributed by atoms with van der Waals surface area (Å²) in [6, 6.07) is 4.98. The summed E-state index contributed by atoms with van der Waals surface area (Å²) in [6.07, 6.45) is 0.736. The van der Waals surface area contributed by atoms with Gasteiger partial charge in [-0.3, -0.25) is 0 Å². The molecule has 0 aliphatic carbocycles. The van der Waals surface area contributed by atoms with Crippen LogP contribution in [0.4, 0.5) is 4.39 Å². The average Bonchev–Trinajstić information content (AvgIpc) is 1.85. The largest absolute Gasteiger partial charge is 0.207 e. The third-order valence-corrected chi connectivity index (χ3v) is 1.67. The summed E-state index contributed by atoms with van der Waals surface area (Å²) in [7, 11) is 0. The summed E-state index contributed by atoms with van der Waals surface area (Å²) in [5.41, 5.74) is 1.92. The van der Waals surface area contributed by atoms with Crippen LogP contribution < -0.4 is 0 Å². The minimum Gasteiger partial charge on any atom is -0.207 e. The Morgan fingerprint density at radius 1 is 1.36 bits per heavy atom. The van der Waals surface area contributed by atoms with Gasteiger partial charge in [-0.05, 0) is 36.6 Å². The lowest BCUT2D eigenvalue weighted by Crippen LogP contribution is -1.88. The quantitative estimate of drug-likeness (QED) is 0.602. The minimum absolute atomic E-state index is 0.176. The number of alkyl halides is 1. The first kappa shape index (κ1) is 8.54. The van der Waals surface area contributed by atoms with E-state index in [1.807, 2.05) is 13.0 Å². The number of halogens is 2. The molecule has 0 unspecified atom stereocenters. The Bertz CT molecular complexity index is 225. The van der Waals surface area contributed by atoms with Crippen LogP contribution >= 0.6 is 11.6 Å². The van der Waals surface area contributed by atoms with Gasteiger partial charge in [0, 0.05) is 5.88 Å². The first-order valence-corrected chi connectivity index (χ1v) is 4.08. The van der Waals surface area contributed by atoms with Crippen molar-refractivity contribution in [3.8, 4) is 0 Å². The monoisotopic (exact) mass is 172 g/mol. The van der Waals surface area contributed by atoms with E-state index in [1.54, 1.807) is 0 Å². The van der Waals surface area contributed by atoms with Crippen molar-refractivity contribution in [3.05, 3.63) is 35.1 Å². The normalized spacial score (nSPS) is 10.1. The summed E-state index contributed by atoms with van der Waals surface area (Å²) in [5.74, 6) is 0.369. The number of aryl methyl sites for hydroxylation is 2. The highest BCUT2D eigenvalue weighted by Crippen LogP contribution is 2.09. The van der Waals surface area contributed by atoms with Crippen molar-refractivity contribution < 1.29 is 4.39 Å². The Morgan fingerprint density at radius 3 is 2.64 bits per heavy atom. The van der Waals surface area contributed by atoms with Gasteiger partial charge in [-0.15, -0.1) is 11.6 Å². The Balaban J connectivity index is 2.89. The molecule has 1 aromatic carbocycles. The van der Waals surface area contributed by atoms with Gasteiger partial charge >= 0.3 is 0 Å². The second kappa shape index (κ2) is 3.72. The fourth-order valence-corrected chi connectivity index (χ4v) is 1.28. The van der Waals surface area contributed by atoms with Crippen molar-refractivity contribution in [1.82, 2.24) is 0 Å². The Hall–Kier alpha value is -0.560. The summed E-state index contributed by atoms with van der Waals surface area (Å²) in [6.45, 7) is 1.88. The molecule has 0 aliphatic heterocycles. The standard InChI is InChI=1S/C9H10ClF/c1-7-4-8(2-3-10)6-9(11)5-7/h4-6H,2-3H2,1H3. The van der Waals surface area contributed by atoms with Gasteiger partial charge in [0.2, 0.25) is 0 Å². The van der Waals surface area contributed by atoms with E-state index < -0.39 is 0 Å². The Kier molecular flexibility index (Phi) is 2.89. The third kappa shape index (κ3) is 2.51. The van der Waals surface area contributed by atoms with Crippen LogP contribution in [0, 0.1) is 12.7 Å². The van der Waals surface area contributed by atoms with Crippen LogP contribution in [0.2, 0.25) is 0 Å². The maximum absolute atomic E-state index is 12.7. The molecule has 0 fully saturated rings. The van der Waals surface area contributed by atoms with E-state index >= 15 is 0 Å². The Morgan fingerprint density at radius 2 is 2.09 bits per heavy atom. The smallest absolute Gasteiger partial charge is 0.123 e. The molecule has 0 nitrogen and oxygen atoms in total. The first-order chi connectivity index (χ1) is 5.22. The van der Waals surface area contributed by atoms with E-state index in [-0.39, 0.29) is 5.82 Å². The summed E-state index contributed by atoms with van der Waals surface area (Å²) < 4.78 is 12.7. The van der Waals surface area contributed by atoms with E-state index in [4.69, 9.17) is 11.6 Å². The van der Waals surface area contributed by atoms with Gasteiger partial charge in [-0.2, -0.15) is 0 Å². The molecule has 0 N–H and O–H groups in total. The van der Waals surface area contributed by atoms with Crippen molar-refractivity contribution in [2.75, 3.05) is 5.88 Å². The second-order valence-corrected chi connectivity index (χ2v) is 2.95. The van der Waals surface area contributed by atoms with Crippen molar-refractivity contribution in [1.29, 1.82) is 0 Å². The molecular formula is C9H10ClF. The summed E-state index contributed by atoms with van der Waals surface area (Å²) in [5, 5.41) is 0. The number of rotatable bonds is 2. The number of benzene rings is 1. The SMILES string of the molecule is Cc1cc(F)cc(CCCl)c1. The molecule has 0 aromatic heterocycles. The summed E-state index contributed by atoms with van der Waals surface area (Å²) >= 11 is 5.52. The molecule has 0 radical (unpaired) electrons. The minimum atomic E-state index is -0.176. The molecule has 0 bridgehead atoms. The van der Waals surface area contributed by atoms with Gasteiger partial charge in [0.1, 0.15) is 5.82 Å². The highest BCUT2D eigenvalue weighted by molar-refractivity contribution is 6.17. The van der Waals surface area contributed by atoms with E-state index in [1.165, 1.54) is 12.1 Å². The van der Waals surface area contributed by atoms with E-state index in [9.17, 15) is 4.39 Å². The summed E-state index contributed by atoms with van der Waals surface area (Å²) in [4.78, 5) is 0.